The van der Waals surface area contributed by atoms with Gasteiger partial charge in [0.25, 0.3) is 0 Å². The Morgan fingerprint density at radius 3 is 1.53 bits per heavy atom. The zero-order chi connectivity index (χ0) is 15.4. The van der Waals surface area contributed by atoms with Gasteiger partial charge in [0.1, 0.15) is 0 Å². The second kappa shape index (κ2) is 3.99. The molecule has 0 aliphatic heterocycles. The molecular formula is C8H7F7N4. The second-order valence-corrected chi connectivity index (χ2v) is 3.90. The van der Waals surface area contributed by atoms with Crippen LogP contribution in [0.4, 0.5) is 30.7 Å². The van der Waals surface area contributed by atoms with E-state index in [4.69, 9.17) is 22.0 Å². The molecule has 108 valence electrons. The third kappa shape index (κ3) is 1.91. The zero-order valence-corrected chi connectivity index (χ0v) is 8.88. The van der Waals surface area contributed by atoms with Crippen LogP contribution in [-0.2, 0) is 0 Å². The van der Waals surface area contributed by atoms with E-state index >= 15 is 0 Å². The first-order chi connectivity index (χ1) is 8.26. The molecule has 1 fully saturated rings. The minimum atomic E-state index is -6.54. The maximum Gasteiger partial charge on any atom is 0.459 e. The summed E-state index contributed by atoms with van der Waals surface area (Å²) in [6.07, 6.45) is -6.54. The van der Waals surface area contributed by atoms with Crippen molar-refractivity contribution in [1.29, 1.82) is 16.2 Å². The normalized spacial score (nSPS) is 26.2. The summed E-state index contributed by atoms with van der Waals surface area (Å²) in [4.78, 5) is 0. The molecular weight excluding hydrogens is 285 g/mol. The van der Waals surface area contributed by atoms with E-state index in [9.17, 15) is 30.7 Å². The highest BCUT2D eigenvalue weighted by atomic mass is 19.4. The lowest BCUT2D eigenvalue weighted by atomic mass is 9.89. The van der Waals surface area contributed by atoms with Crippen molar-refractivity contribution in [2.24, 2.45) is 11.7 Å². The molecule has 0 heterocycles. The van der Waals surface area contributed by atoms with Crippen LogP contribution in [0.15, 0.2) is 0 Å². The van der Waals surface area contributed by atoms with Crippen LogP contribution in [0.5, 0.6) is 0 Å². The lowest BCUT2D eigenvalue weighted by Gasteiger charge is -2.33. The molecule has 19 heavy (non-hydrogen) atoms. The summed E-state index contributed by atoms with van der Waals surface area (Å²) in [5.74, 6) is -15.2. The molecule has 0 spiro atoms. The quantitative estimate of drug-likeness (QED) is 0.574. The summed E-state index contributed by atoms with van der Waals surface area (Å²) in [6, 6.07) is -2.26. The van der Waals surface area contributed by atoms with Crippen molar-refractivity contribution >= 4 is 17.1 Å². The molecule has 2 atom stereocenters. The molecule has 0 aromatic heterocycles. The molecule has 1 rings (SSSR count). The Bertz CT molecular complexity index is 453. The standard InChI is InChI=1S/C8H7F7N4/c9-6(10,7(11,12)8(13,14)15)1-2(16)4(18)5(19)3(1)17/h1-2,17-19H,16H2. The highest BCUT2D eigenvalue weighted by molar-refractivity contribution is 6.71. The molecule has 5 N–H and O–H groups in total. The number of alkyl halides is 7. The Morgan fingerprint density at radius 2 is 1.26 bits per heavy atom. The Hall–Kier alpha value is -1.52. The largest absolute Gasteiger partial charge is 0.459 e. The number of nitrogens with two attached hydrogens (primary N) is 1. The predicted octanol–water partition coefficient (Wildman–Crippen LogP) is 1.84. The minimum Gasteiger partial charge on any atom is -0.322 e. The van der Waals surface area contributed by atoms with Crippen LogP contribution in [0.2, 0.25) is 0 Å². The summed E-state index contributed by atoms with van der Waals surface area (Å²) in [6.45, 7) is 0. The highest BCUT2D eigenvalue weighted by Gasteiger charge is 2.77. The highest BCUT2D eigenvalue weighted by Crippen LogP contribution is 2.51. The number of hydrogen-bond donors (Lipinski definition) is 4. The van der Waals surface area contributed by atoms with Gasteiger partial charge in [0.2, 0.25) is 0 Å². The van der Waals surface area contributed by atoms with Gasteiger partial charge in [0.05, 0.1) is 29.1 Å². The number of nitrogens with one attached hydrogen (secondary N) is 3. The molecule has 1 aliphatic rings. The van der Waals surface area contributed by atoms with Crippen molar-refractivity contribution in [2.75, 3.05) is 0 Å². The van der Waals surface area contributed by atoms with Gasteiger partial charge in [-0.1, -0.05) is 0 Å². The molecule has 0 amide bonds. The monoisotopic (exact) mass is 292 g/mol. The van der Waals surface area contributed by atoms with E-state index in [0.717, 1.165) is 0 Å². The first kappa shape index (κ1) is 15.5. The first-order valence-corrected chi connectivity index (χ1v) is 4.61. The lowest BCUT2D eigenvalue weighted by Crippen LogP contribution is -2.60. The first-order valence-electron chi connectivity index (χ1n) is 4.61. The van der Waals surface area contributed by atoms with Crippen LogP contribution < -0.4 is 5.73 Å². The number of rotatable bonds is 2. The molecule has 2 unspecified atom stereocenters. The third-order valence-corrected chi connectivity index (χ3v) is 2.71. The van der Waals surface area contributed by atoms with Gasteiger partial charge >= 0.3 is 18.0 Å². The fourth-order valence-corrected chi connectivity index (χ4v) is 1.60. The zero-order valence-electron chi connectivity index (χ0n) is 8.88. The van der Waals surface area contributed by atoms with Crippen molar-refractivity contribution in [3.8, 4) is 0 Å². The predicted molar refractivity (Wildman–Crippen MR) is 50.6 cm³/mol. The van der Waals surface area contributed by atoms with Crippen molar-refractivity contribution in [3.63, 3.8) is 0 Å². The maximum absolute atomic E-state index is 13.4. The van der Waals surface area contributed by atoms with E-state index in [1.165, 1.54) is 0 Å². The molecule has 0 aromatic carbocycles. The van der Waals surface area contributed by atoms with Crippen molar-refractivity contribution < 1.29 is 30.7 Å². The van der Waals surface area contributed by atoms with Crippen LogP contribution >= 0.6 is 0 Å². The van der Waals surface area contributed by atoms with Crippen molar-refractivity contribution in [1.82, 2.24) is 0 Å². The Kier molecular flexibility index (Phi) is 3.26. The number of halogens is 7. The van der Waals surface area contributed by atoms with Crippen LogP contribution in [0, 0.1) is 22.1 Å². The molecule has 1 aliphatic carbocycles. The van der Waals surface area contributed by atoms with E-state index in [1.807, 2.05) is 0 Å². The Labute approximate surface area is 101 Å². The Morgan fingerprint density at radius 1 is 0.842 bits per heavy atom. The van der Waals surface area contributed by atoms with Crippen LogP contribution in [0.25, 0.3) is 0 Å². The van der Waals surface area contributed by atoms with Gasteiger partial charge < -0.3 is 16.6 Å². The average Bonchev–Trinajstić information content (AvgIpc) is 2.41. The second-order valence-electron chi connectivity index (χ2n) is 3.90. The van der Waals surface area contributed by atoms with Gasteiger partial charge in [-0.25, -0.2) is 0 Å². The van der Waals surface area contributed by atoms with Gasteiger partial charge in [-0.2, -0.15) is 30.7 Å². The molecule has 11 heteroatoms. The van der Waals surface area contributed by atoms with Gasteiger partial charge in [0, 0.05) is 0 Å². The summed E-state index contributed by atoms with van der Waals surface area (Å²) in [5.41, 5.74) is 1.19. The van der Waals surface area contributed by atoms with E-state index in [1.54, 1.807) is 0 Å². The van der Waals surface area contributed by atoms with E-state index in [2.05, 4.69) is 0 Å². The third-order valence-electron chi connectivity index (χ3n) is 2.71. The molecule has 0 aromatic rings. The fraction of sp³-hybridized carbons (Fsp3) is 0.625. The smallest absolute Gasteiger partial charge is 0.322 e. The van der Waals surface area contributed by atoms with Crippen molar-refractivity contribution in [2.45, 2.75) is 24.1 Å². The molecule has 4 nitrogen and oxygen atoms in total. The van der Waals surface area contributed by atoms with E-state index < -0.39 is 47.1 Å². The lowest BCUT2D eigenvalue weighted by molar-refractivity contribution is -0.361. The van der Waals surface area contributed by atoms with Gasteiger partial charge in [-0.05, 0) is 0 Å². The van der Waals surface area contributed by atoms with Gasteiger partial charge in [0.15, 0.2) is 0 Å². The van der Waals surface area contributed by atoms with Crippen LogP contribution in [-0.4, -0.2) is 41.2 Å². The van der Waals surface area contributed by atoms with Gasteiger partial charge in [-0.15, -0.1) is 0 Å². The van der Waals surface area contributed by atoms with Gasteiger partial charge in [-0.3, -0.25) is 5.41 Å². The van der Waals surface area contributed by atoms with Crippen molar-refractivity contribution in [3.05, 3.63) is 0 Å². The SMILES string of the molecule is N=C1C(=N)C(N)C(C(F)(F)C(F)(F)C(F)(F)F)C1=N. The molecule has 0 bridgehead atoms. The summed E-state index contributed by atoms with van der Waals surface area (Å²) >= 11 is 0. The summed E-state index contributed by atoms with van der Waals surface area (Å²) in [7, 11) is 0. The molecule has 0 radical (unpaired) electrons. The average molecular weight is 292 g/mol. The summed E-state index contributed by atoms with van der Waals surface area (Å²) < 4.78 is 88.3. The van der Waals surface area contributed by atoms with E-state index in [-0.39, 0.29) is 0 Å². The summed E-state index contributed by atoms with van der Waals surface area (Å²) in [5, 5.41) is 21.0. The van der Waals surface area contributed by atoms with Crippen LogP contribution in [0.1, 0.15) is 0 Å². The minimum absolute atomic E-state index is 1.08. The van der Waals surface area contributed by atoms with E-state index in [0.29, 0.717) is 0 Å². The molecule has 0 saturated heterocycles. The molecule has 1 saturated carbocycles. The topological polar surface area (TPSA) is 97.6 Å². The number of hydrogen-bond acceptors (Lipinski definition) is 4. The van der Waals surface area contributed by atoms with Crippen LogP contribution in [0.3, 0.4) is 0 Å². The Balaban J connectivity index is 3.33. The fourth-order valence-electron chi connectivity index (χ4n) is 1.60. The maximum atomic E-state index is 13.4.